The Balaban J connectivity index is 2.01. The zero-order valence-corrected chi connectivity index (χ0v) is 13.2. The molecule has 0 radical (unpaired) electrons. The molecule has 4 heteroatoms. The standard InChI is InChI=1S/C18H22N2O2/c1-13-6-5-9-16(14(13)2)20-11-10-19(17(21)18(20)22)12-15-7-3-4-8-15/h5-6,9-11,15H,3-4,7-8,12H2,1-2H3. The molecule has 1 aliphatic carbocycles. The van der Waals surface area contributed by atoms with Crippen LogP contribution in [0.3, 0.4) is 0 Å². The fourth-order valence-electron chi connectivity index (χ4n) is 3.31. The molecule has 0 spiro atoms. The monoisotopic (exact) mass is 298 g/mol. The van der Waals surface area contributed by atoms with Crippen molar-refractivity contribution in [3.63, 3.8) is 0 Å². The highest BCUT2D eigenvalue weighted by atomic mass is 16.2. The second kappa shape index (κ2) is 5.95. The molecule has 1 heterocycles. The van der Waals surface area contributed by atoms with E-state index in [4.69, 9.17) is 0 Å². The molecule has 0 N–H and O–H groups in total. The van der Waals surface area contributed by atoms with Gasteiger partial charge < -0.3 is 4.57 Å². The second-order valence-corrected chi connectivity index (χ2v) is 6.30. The molecule has 0 aliphatic heterocycles. The molecule has 0 amide bonds. The van der Waals surface area contributed by atoms with E-state index in [1.807, 2.05) is 32.0 Å². The quantitative estimate of drug-likeness (QED) is 0.818. The van der Waals surface area contributed by atoms with Gasteiger partial charge in [-0.25, -0.2) is 0 Å². The Kier molecular flexibility index (Phi) is 4.01. The molecule has 22 heavy (non-hydrogen) atoms. The molecule has 3 rings (SSSR count). The van der Waals surface area contributed by atoms with Crippen molar-refractivity contribution in [3.8, 4) is 5.69 Å². The Morgan fingerprint density at radius 3 is 2.50 bits per heavy atom. The van der Waals surface area contributed by atoms with Gasteiger partial charge in [0.05, 0.1) is 5.69 Å². The summed E-state index contributed by atoms with van der Waals surface area (Å²) in [5.41, 5.74) is 2.04. The third kappa shape index (κ3) is 2.65. The van der Waals surface area contributed by atoms with Gasteiger partial charge in [-0.1, -0.05) is 25.0 Å². The number of aryl methyl sites for hydroxylation is 1. The Hall–Kier alpha value is -2.10. The zero-order valence-electron chi connectivity index (χ0n) is 13.2. The normalized spacial score (nSPS) is 15.4. The van der Waals surface area contributed by atoms with Crippen LogP contribution in [0.15, 0.2) is 40.2 Å². The lowest BCUT2D eigenvalue weighted by atomic mass is 10.1. The van der Waals surface area contributed by atoms with Crippen LogP contribution < -0.4 is 11.1 Å². The molecule has 1 saturated carbocycles. The molecule has 0 bridgehead atoms. The summed E-state index contributed by atoms with van der Waals surface area (Å²) in [6.07, 6.45) is 8.27. The van der Waals surface area contributed by atoms with Crippen molar-refractivity contribution in [2.45, 2.75) is 46.1 Å². The van der Waals surface area contributed by atoms with Gasteiger partial charge in [-0.3, -0.25) is 14.2 Å². The van der Waals surface area contributed by atoms with Gasteiger partial charge in [-0.15, -0.1) is 0 Å². The molecule has 0 saturated heterocycles. The van der Waals surface area contributed by atoms with Crippen molar-refractivity contribution in [2.75, 3.05) is 0 Å². The van der Waals surface area contributed by atoms with E-state index in [-0.39, 0.29) is 0 Å². The van der Waals surface area contributed by atoms with E-state index in [9.17, 15) is 9.59 Å². The first-order chi connectivity index (χ1) is 10.6. The van der Waals surface area contributed by atoms with Crippen LogP contribution in [0.1, 0.15) is 36.8 Å². The first-order valence-electron chi connectivity index (χ1n) is 7.96. The lowest BCUT2D eigenvalue weighted by molar-refractivity contribution is 0.444. The van der Waals surface area contributed by atoms with E-state index >= 15 is 0 Å². The highest BCUT2D eigenvalue weighted by Crippen LogP contribution is 2.25. The Morgan fingerprint density at radius 1 is 1.05 bits per heavy atom. The first-order valence-corrected chi connectivity index (χ1v) is 7.96. The van der Waals surface area contributed by atoms with Crippen LogP contribution in [-0.4, -0.2) is 9.13 Å². The fourth-order valence-corrected chi connectivity index (χ4v) is 3.31. The van der Waals surface area contributed by atoms with Crippen LogP contribution in [0, 0.1) is 19.8 Å². The number of rotatable bonds is 3. The number of aromatic nitrogens is 2. The minimum Gasteiger partial charge on any atom is -0.309 e. The summed E-state index contributed by atoms with van der Waals surface area (Å²) in [5.74, 6) is 0.536. The highest BCUT2D eigenvalue weighted by molar-refractivity contribution is 5.44. The Labute approximate surface area is 130 Å². The van der Waals surface area contributed by atoms with Crippen molar-refractivity contribution >= 4 is 0 Å². The minimum absolute atomic E-state index is 0.421. The van der Waals surface area contributed by atoms with Crippen molar-refractivity contribution in [1.82, 2.24) is 9.13 Å². The summed E-state index contributed by atoms with van der Waals surface area (Å²) in [7, 11) is 0. The van der Waals surface area contributed by atoms with E-state index in [0.717, 1.165) is 29.7 Å². The number of hydrogen-bond donors (Lipinski definition) is 0. The molecule has 116 valence electrons. The summed E-state index contributed by atoms with van der Waals surface area (Å²) < 4.78 is 3.05. The summed E-state index contributed by atoms with van der Waals surface area (Å²) in [4.78, 5) is 24.8. The average molecular weight is 298 g/mol. The summed E-state index contributed by atoms with van der Waals surface area (Å²) >= 11 is 0. The SMILES string of the molecule is Cc1cccc(-n2ccn(CC3CCCC3)c(=O)c2=O)c1C. The van der Waals surface area contributed by atoms with Gasteiger partial charge in [0.25, 0.3) is 0 Å². The Bertz CT molecular complexity index is 795. The third-order valence-electron chi connectivity index (χ3n) is 4.82. The molecule has 1 aromatic heterocycles. The summed E-state index contributed by atoms with van der Waals surface area (Å²) in [6.45, 7) is 4.65. The van der Waals surface area contributed by atoms with E-state index in [0.29, 0.717) is 12.5 Å². The maximum atomic E-state index is 12.5. The zero-order chi connectivity index (χ0) is 15.7. The molecule has 1 aliphatic rings. The minimum atomic E-state index is -0.464. The summed E-state index contributed by atoms with van der Waals surface area (Å²) in [6, 6.07) is 5.80. The van der Waals surface area contributed by atoms with Crippen molar-refractivity contribution < 1.29 is 0 Å². The number of benzene rings is 1. The lowest BCUT2D eigenvalue weighted by Gasteiger charge is -2.14. The van der Waals surface area contributed by atoms with Gasteiger partial charge >= 0.3 is 11.1 Å². The third-order valence-corrected chi connectivity index (χ3v) is 4.82. The maximum absolute atomic E-state index is 12.5. The predicted molar refractivity (Wildman–Crippen MR) is 87.7 cm³/mol. The molecule has 1 fully saturated rings. The smallest absolute Gasteiger partial charge is 0.309 e. The van der Waals surface area contributed by atoms with Gasteiger partial charge in [0.15, 0.2) is 0 Å². The van der Waals surface area contributed by atoms with Crippen LogP contribution >= 0.6 is 0 Å². The van der Waals surface area contributed by atoms with Crippen LogP contribution in [0.4, 0.5) is 0 Å². The molecule has 1 aromatic carbocycles. The lowest BCUT2D eigenvalue weighted by Crippen LogP contribution is -2.40. The first kappa shape index (κ1) is 14.8. The number of nitrogens with zero attached hydrogens (tertiary/aromatic N) is 2. The van der Waals surface area contributed by atoms with Gasteiger partial charge in [0.2, 0.25) is 0 Å². The average Bonchev–Trinajstić information content (AvgIpc) is 3.01. The largest absolute Gasteiger partial charge is 0.320 e. The predicted octanol–water partition coefficient (Wildman–Crippen LogP) is 2.81. The van der Waals surface area contributed by atoms with Gasteiger partial charge in [-0.2, -0.15) is 0 Å². The summed E-state index contributed by atoms with van der Waals surface area (Å²) in [5, 5.41) is 0. The van der Waals surface area contributed by atoms with Crippen molar-refractivity contribution in [3.05, 3.63) is 62.4 Å². The molecule has 2 aromatic rings. The molecular weight excluding hydrogens is 276 g/mol. The van der Waals surface area contributed by atoms with Crippen LogP contribution in [0.2, 0.25) is 0 Å². The molecule has 0 unspecified atom stereocenters. The Morgan fingerprint density at radius 2 is 1.77 bits per heavy atom. The molecule has 0 atom stereocenters. The van der Waals surface area contributed by atoms with Crippen molar-refractivity contribution in [2.24, 2.45) is 5.92 Å². The van der Waals surface area contributed by atoms with Crippen LogP contribution in [-0.2, 0) is 6.54 Å². The molecular formula is C18H22N2O2. The van der Waals surface area contributed by atoms with E-state index in [1.54, 1.807) is 17.0 Å². The van der Waals surface area contributed by atoms with E-state index < -0.39 is 11.1 Å². The fraction of sp³-hybridized carbons (Fsp3) is 0.444. The van der Waals surface area contributed by atoms with Crippen LogP contribution in [0.25, 0.3) is 5.69 Å². The topological polar surface area (TPSA) is 44.0 Å². The molecule has 4 nitrogen and oxygen atoms in total. The second-order valence-electron chi connectivity index (χ2n) is 6.30. The van der Waals surface area contributed by atoms with Gasteiger partial charge in [0, 0.05) is 18.9 Å². The van der Waals surface area contributed by atoms with Crippen LogP contribution in [0.5, 0.6) is 0 Å². The van der Waals surface area contributed by atoms with Crippen molar-refractivity contribution in [1.29, 1.82) is 0 Å². The van der Waals surface area contributed by atoms with E-state index in [2.05, 4.69) is 0 Å². The highest BCUT2D eigenvalue weighted by Gasteiger charge is 2.17. The maximum Gasteiger partial charge on any atom is 0.320 e. The van der Waals surface area contributed by atoms with Gasteiger partial charge in [-0.05, 0) is 49.8 Å². The van der Waals surface area contributed by atoms with E-state index in [1.165, 1.54) is 17.4 Å². The van der Waals surface area contributed by atoms with Gasteiger partial charge in [0.1, 0.15) is 0 Å². The number of hydrogen-bond acceptors (Lipinski definition) is 2.